The standard InChI is InChI=1S/C14H16N2OS.C13H14N2OS.C10H15NOS/c1-15-8-13-14-11(4-7-17-13)12(9-18-14)10-2-5-16-6-3-10;14-7-12-13-10(3-6-16-12)11(8-17-13)9-1-4-15-5-2-9;1-11(2)7-9-10-8(3-5-12-9)4-6-13-10/h2-3,5-6,9,13,15H,4,7-8H2,1H3;1-2,4-5,8,12H,3,6-7,14H2;4,6,9H,3,5,7H2,1-2H3. The van der Waals surface area contributed by atoms with E-state index in [4.69, 9.17) is 19.9 Å². The van der Waals surface area contributed by atoms with Crippen molar-refractivity contribution in [3.05, 3.63) is 103 Å². The Balaban J connectivity index is 0.000000127. The van der Waals surface area contributed by atoms with Crippen LogP contribution in [0.4, 0.5) is 0 Å². The van der Waals surface area contributed by atoms with E-state index in [1.165, 1.54) is 53.6 Å². The van der Waals surface area contributed by atoms with Gasteiger partial charge in [0.2, 0.25) is 0 Å². The molecule has 254 valence electrons. The number of thiophene rings is 3. The number of ether oxygens (including phenoxy) is 3. The molecule has 3 aliphatic heterocycles. The van der Waals surface area contributed by atoms with Crippen molar-refractivity contribution in [2.45, 2.75) is 37.6 Å². The van der Waals surface area contributed by atoms with Crippen LogP contribution >= 0.6 is 34.0 Å². The molecule has 0 radical (unpaired) electrons. The molecule has 3 atom stereocenters. The van der Waals surface area contributed by atoms with E-state index in [1.54, 1.807) is 11.3 Å². The summed E-state index contributed by atoms with van der Waals surface area (Å²) in [6.45, 7) is 4.89. The molecule has 0 saturated carbocycles. The predicted molar refractivity (Wildman–Crippen MR) is 198 cm³/mol. The molecular formula is C37H45N5O3S3. The third-order valence-corrected chi connectivity index (χ3v) is 11.9. The number of nitrogens with zero attached hydrogens (tertiary/aromatic N) is 3. The highest BCUT2D eigenvalue weighted by atomic mass is 32.1. The van der Waals surface area contributed by atoms with Crippen molar-refractivity contribution in [1.29, 1.82) is 0 Å². The molecule has 0 fully saturated rings. The third-order valence-electron chi connectivity index (χ3n) is 8.66. The summed E-state index contributed by atoms with van der Waals surface area (Å²) in [6, 6.07) is 10.5. The molecule has 11 heteroatoms. The molecule has 8 nitrogen and oxygen atoms in total. The van der Waals surface area contributed by atoms with Crippen LogP contribution in [0.3, 0.4) is 0 Å². The van der Waals surface area contributed by atoms with Crippen molar-refractivity contribution in [3.63, 3.8) is 0 Å². The van der Waals surface area contributed by atoms with Crippen LogP contribution < -0.4 is 11.1 Å². The van der Waals surface area contributed by atoms with Gasteiger partial charge in [-0.1, -0.05) is 0 Å². The summed E-state index contributed by atoms with van der Waals surface area (Å²) < 4.78 is 17.2. The lowest BCUT2D eigenvalue weighted by Gasteiger charge is -2.25. The number of rotatable bonds is 7. The maximum absolute atomic E-state index is 5.83. The first kappa shape index (κ1) is 35.0. The van der Waals surface area contributed by atoms with Crippen molar-refractivity contribution in [2.75, 3.05) is 60.6 Å². The molecular weight excluding hydrogens is 659 g/mol. The summed E-state index contributed by atoms with van der Waals surface area (Å²) >= 11 is 5.39. The number of hydrogen-bond acceptors (Lipinski definition) is 11. The van der Waals surface area contributed by atoms with Crippen molar-refractivity contribution < 1.29 is 14.2 Å². The highest BCUT2D eigenvalue weighted by molar-refractivity contribution is 7.11. The minimum absolute atomic E-state index is 0.0827. The highest BCUT2D eigenvalue weighted by Crippen LogP contribution is 2.40. The Labute approximate surface area is 295 Å². The lowest BCUT2D eigenvalue weighted by molar-refractivity contribution is 0.0283. The second-order valence-electron chi connectivity index (χ2n) is 12.2. The van der Waals surface area contributed by atoms with Gasteiger partial charge in [0.1, 0.15) is 18.3 Å². The Morgan fingerprint density at radius 3 is 1.83 bits per heavy atom. The van der Waals surface area contributed by atoms with Gasteiger partial charge in [-0.2, -0.15) is 0 Å². The van der Waals surface area contributed by atoms with Crippen LogP contribution in [0.1, 0.15) is 49.6 Å². The molecule has 0 amide bonds. The molecule has 3 unspecified atom stereocenters. The number of nitrogens with one attached hydrogen (secondary N) is 1. The first-order valence-corrected chi connectivity index (χ1v) is 19.1. The van der Waals surface area contributed by atoms with Gasteiger partial charge in [-0.15, -0.1) is 34.0 Å². The number of fused-ring (bicyclic) bond motifs is 3. The summed E-state index contributed by atoms with van der Waals surface area (Å²) in [5.74, 6) is 0. The van der Waals surface area contributed by atoms with E-state index in [9.17, 15) is 0 Å². The van der Waals surface area contributed by atoms with Crippen LogP contribution in [0.15, 0.2) is 71.3 Å². The summed E-state index contributed by atoms with van der Waals surface area (Å²) in [7, 11) is 6.14. The number of likely N-dealkylation sites (N-methyl/N-ethyl adjacent to an activating group) is 2. The Morgan fingerprint density at radius 1 is 0.729 bits per heavy atom. The second-order valence-corrected chi connectivity index (χ2v) is 14.9. The van der Waals surface area contributed by atoms with E-state index in [0.29, 0.717) is 12.6 Å². The lowest BCUT2D eigenvalue weighted by atomic mass is 9.98. The van der Waals surface area contributed by atoms with Crippen LogP contribution in [0.2, 0.25) is 0 Å². The first-order valence-electron chi connectivity index (χ1n) is 16.5. The van der Waals surface area contributed by atoms with Gasteiger partial charge in [-0.25, -0.2) is 0 Å². The lowest BCUT2D eigenvalue weighted by Crippen LogP contribution is -2.25. The van der Waals surface area contributed by atoms with Gasteiger partial charge in [0.15, 0.2) is 0 Å². The van der Waals surface area contributed by atoms with Crippen LogP contribution in [0.25, 0.3) is 22.3 Å². The van der Waals surface area contributed by atoms with Crippen LogP contribution in [-0.2, 0) is 33.5 Å². The van der Waals surface area contributed by atoms with Gasteiger partial charge in [-0.05, 0) is 126 Å². The largest absolute Gasteiger partial charge is 0.371 e. The molecule has 5 aromatic rings. The quantitative estimate of drug-likeness (QED) is 0.188. The summed E-state index contributed by atoms with van der Waals surface area (Å²) in [6.07, 6.45) is 11.0. The summed E-state index contributed by atoms with van der Waals surface area (Å²) in [5, 5.41) is 9.82. The fraction of sp³-hybridized carbons (Fsp3) is 0.405. The van der Waals surface area contributed by atoms with Crippen molar-refractivity contribution in [2.24, 2.45) is 5.73 Å². The average Bonchev–Trinajstić information content (AvgIpc) is 3.89. The molecule has 8 heterocycles. The maximum atomic E-state index is 5.83. The van der Waals surface area contributed by atoms with Gasteiger partial charge in [-0.3, -0.25) is 9.97 Å². The molecule has 5 aromatic heterocycles. The van der Waals surface area contributed by atoms with Crippen molar-refractivity contribution >= 4 is 34.0 Å². The Hall–Kier alpha value is -2.84. The van der Waals surface area contributed by atoms with Gasteiger partial charge in [0.25, 0.3) is 0 Å². The molecule has 3 aliphatic rings. The minimum Gasteiger partial charge on any atom is -0.371 e. The molecule has 0 bridgehead atoms. The average molecular weight is 704 g/mol. The fourth-order valence-electron chi connectivity index (χ4n) is 6.36. The smallest absolute Gasteiger partial charge is 0.105 e. The molecule has 0 aromatic carbocycles. The molecule has 0 spiro atoms. The van der Waals surface area contributed by atoms with Gasteiger partial charge in [0, 0.05) is 59.1 Å². The van der Waals surface area contributed by atoms with E-state index < -0.39 is 0 Å². The number of hydrogen-bond donors (Lipinski definition) is 2. The normalized spacial score (nSPS) is 19.6. The van der Waals surface area contributed by atoms with E-state index in [0.717, 1.165) is 52.2 Å². The molecule has 3 N–H and O–H groups in total. The SMILES string of the molecule is CN(C)CC1OCCc2ccsc21.CNCC1OCCc2c(-c3ccncc3)csc21.NCC1OCCc2c(-c3ccncc3)csc21. The van der Waals surface area contributed by atoms with Gasteiger partial charge < -0.3 is 30.2 Å². The fourth-order valence-corrected chi connectivity index (χ4v) is 9.73. The zero-order valence-electron chi connectivity index (χ0n) is 27.9. The minimum atomic E-state index is 0.0827. The molecule has 0 aliphatic carbocycles. The van der Waals surface area contributed by atoms with E-state index >= 15 is 0 Å². The zero-order chi connectivity index (χ0) is 33.3. The van der Waals surface area contributed by atoms with Crippen LogP contribution in [0.5, 0.6) is 0 Å². The van der Waals surface area contributed by atoms with E-state index in [-0.39, 0.29) is 12.2 Å². The van der Waals surface area contributed by atoms with Crippen LogP contribution in [0, 0.1) is 0 Å². The van der Waals surface area contributed by atoms with Gasteiger partial charge in [0.05, 0.1) is 19.8 Å². The number of pyridine rings is 2. The molecule has 8 rings (SSSR count). The van der Waals surface area contributed by atoms with Crippen molar-refractivity contribution in [3.8, 4) is 22.3 Å². The summed E-state index contributed by atoms with van der Waals surface area (Å²) in [5.41, 5.74) is 15.2. The zero-order valence-corrected chi connectivity index (χ0v) is 30.3. The summed E-state index contributed by atoms with van der Waals surface area (Å²) in [4.78, 5) is 14.4. The molecule has 0 saturated heterocycles. The van der Waals surface area contributed by atoms with Gasteiger partial charge >= 0.3 is 0 Å². The highest BCUT2D eigenvalue weighted by Gasteiger charge is 2.26. The Bertz CT molecular complexity index is 1710. The number of nitrogens with two attached hydrogens (primary N) is 1. The van der Waals surface area contributed by atoms with E-state index in [1.807, 2.05) is 54.5 Å². The Kier molecular flexibility index (Phi) is 12.5. The molecule has 48 heavy (non-hydrogen) atoms. The maximum Gasteiger partial charge on any atom is 0.105 e. The van der Waals surface area contributed by atoms with Crippen LogP contribution in [-0.4, -0.2) is 75.5 Å². The monoisotopic (exact) mass is 703 g/mol. The van der Waals surface area contributed by atoms with E-state index in [2.05, 4.69) is 80.8 Å². The first-order chi connectivity index (χ1) is 23.6. The second kappa shape index (κ2) is 17.2. The third kappa shape index (κ3) is 8.30. The van der Waals surface area contributed by atoms with Crippen molar-refractivity contribution in [1.82, 2.24) is 20.2 Å². The topological polar surface area (TPSA) is 94.8 Å². The predicted octanol–water partition coefficient (Wildman–Crippen LogP) is 6.95. The Morgan fingerprint density at radius 2 is 1.27 bits per heavy atom. The number of aromatic nitrogens is 2.